The summed E-state index contributed by atoms with van der Waals surface area (Å²) in [5.41, 5.74) is 1.26. The van der Waals surface area contributed by atoms with Crippen molar-refractivity contribution < 1.29 is 13.2 Å². The molecule has 0 amide bonds. The molecule has 1 aromatic heterocycles. The van der Waals surface area contributed by atoms with E-state index in [1.165, 1.54) is 16.8 Å². The molecule has 2 aromatic rings. The van der Waals surface area contributed by atoms with Gasteiger partial charge in [0.2, 0.25) is 0 Å². The minimum absolute atomic E-state index is 0.217. The zero-order chi connectivity index (χ0) is 15.6. The van der Waals surface area contributed by atoms with Gasteiger partial charge in [0.1, 0.15) is 5.15 Å². The first-order valence-corrected chi connectivity index (χ1v) is 7.29. The lowest BCUT2D eigenvalue weighted by molar-refractivity contribution is -0.137. The first-order chi connectivity index (χ1) is 9.88. The molecule has 2 nitrogen and oxygen atoms in total. The molecule has 0 aliphatic rings. The largest absolute Gasteiger partial charge is 0.416 e. The van der Waals surface area contributed by atoms with Crippen molar-refractivity contribution in [3.8, 4) is 5.69 Å². The smallest absolute Gasteiger partial charge is 0.222 e. The van der Waals surface area contributed by atoms with Crippen molar-refractivity contribution >= 4 is 23.2 Å². The van der Waals surface area contributed by atoms with Crippen molar-refractivity contribution in [2.75, 3.05) is 0 Å². The SMILES string of the molecule is CCCc1nn(-c2ccc(C(F)(F)F)cc2)c(Cl)c1CCl. The molecule has 0 bridgehead atoms. The molecule has 21 heavy (non-hydrogen) atoms. The highest BCUT2D eigenvalue weighted by atomic mass is 35.5. The predicted octanol–water partition coefficient (Wildman–Crippen LogP) is 5.24. The van der Waals surface area contributed by atoms with Crippen LogP contribution in [0.2, 0.25) is 5.15 Å². The maximum atomic E-state index is 12.6. The van der Waals surface area contributed by atoms with E-state index in [0.29, 0.717) is 10.8 Å². The number of aryl methyl sites for hydroxylation is 1. The maximum Gasteiger partial charge on any atom is 0.416 e. The standard InChI is InChI=1S/C14H13Cl2F3N2/c1-2-3-12-11(8-15)13(16)21(20-12)10-6-4-9(5-7-10)14(17,18)19/h4-7H,2-3,8H2,1H3. The van der Waals surface area contributed by atoms with Crippen LogP contribution in [0.5, 0.6) is 0 Å². The van der Waals surface area contributed by atoms with Gasteiger partial charge < -0.3 is 0 Å². The Morgan fingerprint density at radius 1 is 1.19 bits per heavy atom. The summed E-state index contributed by atoms with van der Waals surface area (Å²) < 4.78 is 39.1. The highest BCUT2D eigenvalue weighted by Crippen LogP contribution is 2.31. The number of alkyl halides is 4. The third-order valence-corrected chi connectivity index (χ3v) is 3.72. The summed E-state index contributed by atoms with van der Waals surface area (Å²) in [5.74, 6) is 0.217. The monoisotopic (exact) mass is 336 g/mol. The fraction of sp³-hybridized carbons (Fsp3) is 0.357. The van der Waals surface area contributed by atoms with Gasteiger partial charge in [-0.2, -0.15) is 18.3 Å². The van der Waals surface area contributed by atoms with Gasteiger partial charge in [0.25, 0.3) is 0 Å². The summed E-state index contributed by atoms with van der Waals surface area (Å²) in [6, 6.07) is 4.70. The van der Waals surface area contributed by atoms with Gasteiger partial charge in [-0.3, -0.25) is 0 Å². The van der Waals surface area contributed by atoms with E-state index in [0.717, 1.165) is 36.2 Å². The number of benzene rings is 1. The van der Waals surface area contributed by atoms with Gasteiger partial charge in [0, 0.05) is 5.56 Å². The summed E-state index contributed by atoms with van der Waals surface area (Å²) >= 11 is 12.1. The molecule has 2 rings (SSSR count). The van der Waals surface area contributed by atoms with Gasteiger partial charge in [-0.1, -0.05) is 24.9 Å². The normalized spacial score (nSPS) is 11.9. The molecule has 0 aliphatic carbocycles. The summed E-state index contributed by atoms with van der Waals surface area (Å²) in [5, 5.41) is 4.69. The molecular formula is C14H13Cl2F3N2. The van der Waals surface area contributed by atoms with Crippen LogP contribution in [0.3, 0.4) is 0 Å². The molecule has 0 atom stereocenters. The quantitative estimate of drug-likeness (QED) is 0.698. The number of rotatable bonds is 4. The van der Waals surface area contributed by atoms with Gasteiger partial charge in [0.05, 0.1) is 22.8 Å². The summed E-state index contributed by atoms with van der Waals surface area (Å²) in [4.78, 5) is 0. The average Bonchev–Trinajstić information content (AvgIpc) is 2.74. The van der Waals surface area contributed by atoms with Crippen LogP contribution >= 0.6 is 23.2 Å². The van der Waals surface area contributed by atoms with E-state index >= 15 is 0 Å². The second kappa shape index (κ2) is 6.28. The molecule has 0 saturated carbocycles. The highest BCUT2D eigenvalue weighted by Gasteiger charge is 2.30. The molecule has 0 unspecified atom stereocenters. The lowest BCUT2D eigenvalue weighted by Crippen LogP contribution is -2.05. The third kappa shape index (κ3) is 3.35. The Balaban J connectivity index is 2.42. The minimum Gasteiger partial charge on any atom is -0.222 e. The summed E-state index contributed by atoms with van der Waals surface area (Å²) in [6.45, 7) is 2.00. The van der Waals surface area contributed by atoms with Crippen LogP contribution in [0.1, 0.15) is 30.2 Å². The van der Waals surface area contributed by atoms with E-state index in [9.17, 15) is 13.2 Å². The Morgan fingerprint density at radius 3 is 2.29 bits per heavy atom. The van der Waals surface area contributed by atoms with E-state index in [1.807, 2.05) is 6.92 Å². The van der Waals surface area contributed by atoms with Crippen molar-refractivity contribution in [3.63, 3.8) is 0 Å². The molecule has 0 N–H and O–H groups in total. The zero-order valence-corrected chi connectivity index (χ0v) is 12.7. The lowest BCUT2D eigenvalue weighted by atomic mass is 10.2. The first-order valence-electron chi connectivity index (χ1n) is 6.38. The van der Waals surface area contributed by atoms with Crippen LogP contribution in [0, 0.1) is 0 Å². The van der Waals surface area contributed by atoms with E-state index < -0.39 is 11.7 Å². The number of hydrogen-bond acceptors (Lipinski definition) is 1. The van der Waals surface area contributed by atoms with Gasteiger partial charge in [0.15, 0.2) is 0 Å². The molecule has 1 heterocycles. The van der Waals surface area contributed by atoms with E-state index in [4.69, 9.17) is 23.2 Å². The Bertz CT molecular complexity index is 618. The van der Waals surface area contributed by atoms with Crippen LogP contribution in [0.25, 0.3) is 5.69 Å². The molecule has 0 fully saturated rings. The molecule has 114 valence electrons. The second-order valence-electron chi connectivity index (χ2n) is 4.56. The van der Waals surface area contributed by atoms with Gasteiger partial charge in [-0.15, -0.1) is 11.6 Å². The fourth-order valence-corrected chi connectivity index (χ4v) is 2.67. The van der Waals surface area contributed by atoms with Crippen LogP contribution in [0.15, 0.2) is 24.3 Å². The van der Waals surface area contributed by atoms with E-state index in [2.05, 4.69) is 5.10 Å². The van der Waals surface area contributed by atoms with Crippen molar-refractivity contribution in [3.05, 3.63) is 46.2 Å². The topological polar surface area (TPSA) is 17.8 Å². The molecule has 0 aliphatic heterocycles. The Morgan fingerprint density at radius 2 is 1.81 bits per heavy atom. The predicted molar refractivity (Wildman–Crippen MR) is 77.1 cm³/mol. The third-order valence-electron chi connectivity index (χ3n) is 3.06. The minimum atomic E-state index is -4.36. The second-order valence-corrected chi connectivity index (χ2v) is 5.18. The van der Waals surface area contributed by atoms with Crippen molar-refractivity contribution in [1.82, 2.24) is 9.78 Å². The number of halogens is 5. The molecule has 1 aromatic carbocycles. The van der Waals surface area contributed by atoms with Crippen molar-refractivity contribution in [2.45, 2.75) is 31.8 Å². The zero-order valence-electron chi connectivity index (χ0n) is 11.2. The molecule has 0 spiro atoms. The number of aromatic nitrogens is 2. The lowest BCUT2D eigenvalue weighted by Gasteiger charge is -2.08. The summed E-state index contributed by atoms with van der Waals surface area (Å²) in [7, 11) is 0. The molecular weight excluding hydrogens is 324 g/mol. The Hall–Kier alpha value is -1.20. The maximum absolute atomic E-state index is 12.6. The average molecular weight is 337 g/mol. The van der Waals surface area contributed by atoms with Crippen LogP contribution < -0.4 is 0 Å². The van der Waals surface area contributed by atoms with Crippen LogP contribution in [-0.4, -0.2) is 9.78 Å². The number of hydrogen-bond donors (Lipinski definition) is 0. The van der Waals surface area contributed by atoms with E-state index in [1.54, 1.807) is 0 Å². The Labute approximate surface area is 130 Å². The van der Waals surface area contributed by atoms with Crippen LogP contribution in [0.4, 0.5) is 13.2 Å². The first kappa shape index (κ1) is 16.2. The van der Waals surface area contributed by atoms with E-state index in [-0.39, 0.29) is 5.88 Å². The highest BCUT2D eigenvalue weighted by molar-refractivity contribution is 6.31. The molecule has 0 saturated heterocycles. The molecule has 0 radical (unpaired) electrons. The van der Waals surface area contributed by atoms with Crippen LogP contribution in [-0.2, 0) is 18.5 Å². The molecule has 7 heteroatoms. The van der Waals surface area contributed by atoms with Crippen molar-refractivity contribution in [2.24, 2.45) is 0 Å². The van der Waals surface area contributed by atoms with Gasteiger partial charge >= 0.3 is 6.18 Å². The number of nitrogens with zero attached hydrogens (tertiary/aromatic N) is 2. The fourth-order valence-electron chi connectivity index (χ4n) is 2.00. The van der Waals surface area contributed by atoms with Gasteiger partial charge in [-0.05, 0) is 30.7 Å². The van der Waals surface area contributed by atoms with Crippen molar-refractivity contribution in [1.29, 1.82) is 0 Å². The Kier molecular flexibility index (Phi) is 4.84. The van der Waals surface area contributed by atoms with Gasteiger partial charge in [-0.25, -0.2) is 4.68 Å². The summed E-state index contributed by atoms with van der Waals surface area (Å²) in [6.07, 6.45) is -2.76.